The Morgan fingerprint density at radius 3 is 2.50 bits per heavy atom. The molecule has 0 fully saturated rings. The normalized spacial score (nSPS) is 11.1. The summed E-state index contributed by atoms with van der Waals surface area (Å²) in [5.74, 6) is 0. The van der Waals surface area contributed by atoms with Crippen LogP contribution in [0.1, 0.15) is 6.92 Å². The monoisotopic (exact) mass is 109 g/mol. The molecule has 0 aliphatic heterocycles. The summed E-state index contributed by atoms with van der Waals surface area (Å²) in [6.07, 6.45) is 5.60. The molecular weight excluding hydrogens is 100 g/mol. The van der Waals surface area contributed by atoms with Crippen molar-refractivity contribution in [3.8, 4) is 0 Å². The van der Waals surface area contributed by atoms with Gasteiger partial charge in [0, 0.05) is 0 Å². The smallest absolute Gasteiger partial charge is 0.142 e. The van der Waals surface area contributed by atoms with Crippen molar-refractivity contribution < 1.29 is 5.11 Å². The van der Waals surface area contributed by atoms with Gasteiger partial charge in [-0.15, -0.1) is 0 Å². The third-order valence-electron chi connectivity index (χ3n) is 0.570. The number of rotatable bonds is 2. The Kier molecular flexibility index (Phi) is 3.67. The van der Waals surface area contributed by atoms with Crippen molar-refractivity contribution in [1.82, 2.24) is 0 Å². The van der Waals surface area contributed by atoms with Gasteiger partial charge in [-0.05, 0) is 13.0 Å². The van der Waals surface area contributed by atoms with Gasteiger partial charge >= 0.3 is 0 Å². The predicted molar refractivity (Wildman–Crippen MR) is 33.8 cm³/mol. The van der Waals surface area contributed by atoms with E-state index < -0.39 is 0 Å². The molecule has 0 bridgehead atoms. The van der Waals surface area contributed by atoms with Gasteiger partial charge in [-0.25, -0.2) is 0 Å². The summed E-state index contributed by atoms with van der Waals surface area (Å²) in [4.78, 5) is 0. The number of allylic oxidation sites excluding steroid dienone is 4. The van der Waals surface area contributed by atoms with Crippen molar-refractivity contribution in [3.63, 3.8) is 0 Å². The summed E-state index contributed by atoms with van der Waals surface area (Å²) in [5, 5.41) is 9.65. The molecule has 0 N–H and O–H groups in total. The van der Waals surface area contributed by atoms with Crippen LogP contribution in [0.15, 0.2) is 36.6 Å². The average Bonchev–Trinajstić information content (AvgIpc) is 1.66. The molecule has 0 heterocycles. The molecule has 0 unspecified atom stereocenters. The first-order valence-electron chi connectivity index (χ1n) is 2.38. The Labute approximate surface area is 49.7 Å². The van der Waals surface area contributed by atoms with E-state index in [-0.39, 0.29) is 0 Å². The molecule has 1 heteroatoms. The van der Waals surface area contributed by atoms with Crippen LogP contribution in [0, 0.1) is 0 Å². The minimum atomic E-state index is 0.736. The van der Waals surface area contributed by atoms with E-state index in [4.69, 9.17) is 0 Å². The standard InChI is InChI=1S/C7H9O/c1-7(2)5-3-4-6-8/h3-6H,1H2,2H3. The molecule has 0 aliphatic carbocycles. The first kappa shape index (κ1) is 7.02. The van der Waals surface area contributed by atoms with Gasteiger partial charge in [0.2, 0.25) is 0 Å². The second-order valence-corrected chi connectivity index (χ2v) is 1.53. The lowest BCUT2D eigenvalue weighted by Gasteiger charge is -1.77. The first-order valence-corrected chi connectivity index (χ1v) is 2.38. The van der Waals surface area contributed by atoms with E-state index in [0.717, 1.165) is 11.8 Å². The summed E-state index contributed by atoms with van der Waals surface area (Å²) < 4.78 is 0. The molecule has 43 valence electrons. The van der Waals surface area contributed by atoms with E-state index in [0.29, 0.717) is 0 Å². The molecule has 0 aliphatic rings. The third-order valence-corrected chi connectivity index (χ3v) is 0.570. The maximum Gasteiger partial charge on any atom is 0.142 e. The molecule has 0 aromatic rings. The fourth-order valence-corrected chi connectivity index (χ4v) is 0.265. The van der Waals surface area contributed by atoms with Gasteiger partial charge < -0.3 is 0 Å². The van der Waals surface area contributed by atoms with E-state index in [9.17, 15) is 5.11 Å². The molecule has 1 radical (unpaired) electrons. The van der Waals surface area contributed by atoms with Crippen LogP contribution in [-0.4, -0.2) is 0 Å². The summed E-state index contributed by atoms with van der Waals surface area (Å²) in [7, 11) is 0. The average molecular weight is 109 g/mol. The van der Waals surface area contributed by atoms with Crippen molar-refractivity contribution in [2.24, 2.45) is 0 Å². The summed E-state index contributed by atoms with van der Waals surface area (Å²) in [6, 6.07) is 0. The lowest BCUT2D eigenvalue weighted by Crippen LogP contribution is -1.57. The SMILES string of the molecule is C=C(C)C=CC=C[O]. The fraction of sp³-hybridized carbons (Fsp3) is 0.143. The summed E-state index contributed by atoms with van der Waals surface area (Å²) in [5.41, 5.74) is 0.947. The fourth-order valence-electron chi connectivity index (χ4n) is 0.265. The van der Waals surface area contributed by atoms with E-state index in [2.05, 4.69) is 6.58 Å². The van der Waals surface area contributed by atoms with Gasteiger partial charge in [0.25, 0.3) is 0 Å². The van der Waals surface area contributed by atoms with Gasteiger partial charge in [0.1, 0.15) is 6.26 Å². The van der Waals surface area contributed by atoms with E-state index in [1.165, 1.54) is 6.08 Å². The minimum Gasteiger partial charge on any atom is -0.299 e. The second-order valence-electron chi connectivity index (χ2n) is 1.53. The van der Waals surface area contributed by atoms with E-state index >= 15 is 0 Å². The molecule has 0 spiro atoms. The van der Waals surface area contributed by atoms with Crippen LogP contribution in [0.3, 0.4) is 0 Å². The topological polar surface area (TPSA) is 19.9 Å². The lowest BCUT2D eigenvalue weighted by atomic mass is 10.3. The van der Waals surface area contributed by atoms with Crippen molar-refractivity contribution in [2.45, 2.75) is 6.92 Å². The number of hydrogen-bond acceptors (Lipinski definition) is 0. The zero-order valence-corrected chi connectivity index (χ0v) is 4.92. The van der Waals surface area contributed by atoms with Crippen molar-refractivity contribution in [1.29, 1.82) is 0 Å². The molecule has 0 atom stereocenters. The van der Waals surface area contributed by atoms with Gasteiger partial charge in [-0.2, -0.15) is 0 Å². The maximum absolute atomic E-state index is 9.65. The van der Waals surface area contributed by atoms with Gasteiger partial charge in [-0.3, -0.25) is 5.11 Å². The van der Waals surface area contributed by atoms with Crippen molar-refractivity contribution in [2.75, 3.05) is 0 Å². The predicted octanol–water partition coefficient (Wildman–Crippen LogP) is 2.06. The van der Waals surface area contributed by atoms with Crippen molar-refractivity contribution in [3.05, 3.63) is 36.6 Å². The minimum absolute atomic E-state index is 0.736. The van der Waals surface area contributed by atoms with Crippen LogP contribution in [0.4, 0.5) is 0 Å². The van der Waals surface area contributed by atoms with Crippen LogP contribution >= 0.6 is 0 Å². The zero-order chi connectivity index (χ0) is 6.41. The second kappa shape index (κ2) is 4.19. The Morgan fingerprint density at radius 2 is 2.12 bits per heavy atom. The lowest BCUT2D eigenvalue weighted by molar-refractivity contribution is 0.352. The summed E-state index contributed by atoms with van der Waals surface area (Å²) in [6.45, 7) is 5.47. The third kappa shape index (κ3) is 5.02. The highest BCUT2D eigenvalue weighted by Crippen LogP contribution is 1.87. The zero-order valence-electron chi connectivity index (χ0n) is 4.92. The maximum atomic E-state index is 9.65. The van der Waals surface area contributed by atoms with E-state index in [1.807, 2.05) is 6.92 Å². The Morgan fingerprint density at radius 1 is 1.50 bits per heavy atom. The quantitative estimate of drug-likeness (QED) is 0.382. The Bertz CT molecular complexity index is 120. The Balaban J connectivity index is 3.50. The largest absolute Gasteiger partial charge is 0.299 e. The van der Waals surface area contributed by atoms with Gasteiger partial charge in [-0.1, -0.05) is 24.3 Å². The highest BCUT2D eigenvalue weighted by Gasteiger charge is 1.67. The molecule has 0 amide bonds. The summed E-state index contributed by atoms with van der Waals surface area (Å²) >= 11 is 0. The highest BCUT2D eigenvalue weighted by molar-refractivity contribution is 5.15. The van der Waals surface area contributed by atoms with Crippen molar-refractivity contribution >= 4 is 0 Å². The highest BCUT2D eigenvalue weighted by atomic mass is 16.2. The van der Waals surface area contributed by atoms with Gasteiger partial charge in [0.05, 0.1) is 0 Å². The number of hydrogen-bond donors (Lipinski definition) is 0. The molecule has 0 aromatic carbocycles. The van der Waals surface area contributed by atoms with Crippen LogP contribution < -0.4 is 0 Å². The van der Waals surface area contributed by atoms with Crippen LogP contribution in [-0.2, 0) is 5.11 Å². The van der Waals surface area contributed by atoms with Crippen LogP contribution in [0.5, 0.6) is 0 Å². The molecule has 8 heavy (non-hydrogen) atoms. The van der Waals surface area contributed by atoms with Crippen LogP contribution in [0.25, 0.3) is 0 Å². The molecule has 0 aromatic heterocycles. The van der Waals surface area contributed by atoms with Gasteiger partial charge in [0.15, 0.2) is 0 Å². The molecular formula is C7H9O. The molecule has 0 rings (SSSR count). The van der Waals surface area contributed by atoms with E-state index in [1.54, 1.807) is 12.2 Å². The molecule has 0 saturated carbocycles. The molecule has 1 nitrogen and oxygen atoms in total. The molecule has 0 saturated heterocycles. The van der Waals surface area contributed by atoms with Crippen LogP contribution in [0.2, 0.25) is 0 Å². The first-order chi connectivity index (χ1) is 3.77. The Hall–Kier alpha value is -0.980.